The van der Waals surface area contributed by atoms with Gasteiger partial charge in [0.25, 0.3) is 0 Å². The first-order valence-electron chi connectivity index (χ1n) is 11.9. The molecule has 1 atom stereocenters. The van der Waals surface area contributed by atoms with Crippen LogP contribution in [0.5, 0.6) is 0 Å². The van der Waals surface area contributed by atoms with Crippen molar-refractivity contribution >= 4 is 11.4 Å². The molecule has 2 rings (SSSR count). The highest BCUT2D eigenvalue weighted by Gasteiger charge is 2.07. The highest BCUT2D eigenvalue weighted by atomic mass is 16.3. The van der Waals surface area contributed by atoms with Crippen LogP contribution in [-0.4, -0.2) is 5.11 Å². The Morgan fingerprint density at radius 3 is 1.66 bits per heavy atom. The quantitative estimate of drug-likeness (QED) is 0.279. The van der Waals surface area contributed by atoms with Crippen molar-refractivity contribution < 1.29 is 5.11 Å². The Balaban J connectivity index is 1.50. The van der Waals surface area contributed by atoms with Crippen molar-refractivity contribution in [3.63, 3.8) is 0 Å². The summed E-state index contributed by atoms with van der Waals surface area (Å²) in [4.78, 5) is 0. The van der Waals surface area contributed by atoms with Crippen molar-refractivity contribution in [2.45, 2.75) is 96.5 Å². The van der Waals surface area contributed by atoms with E-state index in [2.05, 4.69) is 24.4 Å². The SMILES string of the molecule is CCCCCCCCCCCCCCC(O)c1ccc(Nc2ccccc2)cc1. The van der Waals surface area contributed by atoms with Crippen LogP contribution in [0.3, 0.4) is 0 Å². The fourth-order valence-electron chi connectivity index (χ4n) is 3.82. The Morgan fingerprint density at radius 2 is 1.10 bits per heavy atom. The summed E-state index contributed by atoms with van der Waals surface area (Å²) < 4.78 is 0. The first-order chi connectivity index (χ1) is 14.3. The third kappa shape index (κ3) is 10.5. The second-order valence-corrected chi connectivity index (χ2v) is 8.31. The Kier molecular flexibility index (Phi) is 12.2. The predicted molar refractivity (Wildman–Crippen MR) is 127 cm³/mol. The summed E-state index contributed by atoms with van der Waals surface area (Å²) in [5.74, 6) is 0. The van der Waals surface area contributed by atoms with E-state index in [1.165, 1.54) is 70.6 Å². The van der Waals surface area contributed by atoms with E-state index in [-0.39, 0.29) is 6.10 Å². The smallest absolute Gasteiger partial charge is 0.0790 e. The molecule has 0 amide bonds. The monoisotopic (exact) mass is 395 g/mol. The highest BCUT2D eigenvalue weighted by molar-refractivity contribution is 5.59. The number of aliphatic hydroxyl groups is 1. The summed E-state index contributed by atoms with van der Waals surface area (Å²) in [6.45, 7) is 2.28. The summed E-state index contributed by atoms with van der Waals surface area (Å²) >= 11 is 0. The minimum absolute atomic E-state index is 0.344. The molecule has 0 aliphatic rings. The van der Waals surface area contributed by atoms with Gasteiger partial charge in [-0.05, 0) is 36.2 Å². The summed E-state index contributed by atoms with van der Waals surface area (Å²) in [6.07, 6.45) is 16.7. The van der Waals surface area contributed by atoms with E-state index in [1.54, 1.807) is 0 Å². The van der Waals surface area contributed by atoms with Crippen LogP contribution in [0.2, 0.25) is 0 Å². The first kappa shape index (κ1) is 23.5. The molecule has 0 saturated heterocycles. The van der Waals surface area contributed by atoms with Gasteiger partial charge in [-0.2, -0.15) is 0 Å². The number of anilines is 2. The molecule has 0 aliphatic heterocycles. The molecule has 29 heavy (non-hydrogen) atoms. The summed E-state index contributed by atoms with van der Waals surface area (Å²) in [5.41, 5.74) is 3.15. The number of benzene rings is 2. The van der Waals surface area contributed by atoms with Crippen molar-refractivity contribution in [1.29, 1.82) is 0 Å². The Labute approximate surface area is 178 Å². The van der Waals surface area contributed by atoms with E-state index in [9.17, 15) is 5.11 Å². The molecule has 0 radical (unpaired) electrons. The molecule has 0 bridgehead atoms. The zero-order valence-electron chi connectivity index (χ0n) is 18.4. The zero-order chi connectivity index (χ0) is 20.6. The van der Waals surface area contributed by atoms with Gasteiger partial charge in [0.2, 0.25) is 0 Å². The number of nitrogens with one attached hydrogen (secondary N) is 1. The Bertz CT molecular complexity index is 623. The predicted octanol–water partition coefficient (Wildman–Crippen LogP) is 8.55. The van der Waals surface area contributed by atoms with Crippen molar-refractivity contribution in [2.75, 3.05) is 5.32 Å². The number of unbranched alkanes of at least 4 members (excludes halogenated alkanes) is 11. The lowest BCUT2D eigenvalue weighted by atomic mass is 10.0. The minimum atomic E-state index is -0.344. The summed E-state index contributed by atoms with van der Waals surface area (Å²) in [7, 11) is 0. The molecule has 0 heterocycles. The number of hydrogen-bond acceptors (Lipinski definition) is 2. The van der Waals surface area contributed by atoms with E-state index in [0.29, 0.717) is 0 Å². The lowest BCUT2D eigenvalue weighted by Gasteiger charge is -2.12. The average molecular weight is 396 g/mol. The van der Waals surface area contributed by atoms with E-state index in [1.807, 2.05) is 42.5 Å². The Morgan fingerprint density at radius 1 is 0.621 bits per heavy atom. The molecule has 2 heteroatoms. The van der Waals surface area contributed by atoms with Gasteiger partial charge >= 0.3 is 0 Å². The summed E-state index contributed by atoms with van der Waals surface area (Å²) in [6, 6.07) is 18.3. The van der Waals surface area contributed by atoms with E-state index >= 15 is 0 Å². The topological polar surface area (TPSA) is 32.3 Å². The molecule has 2 aromatic rings. The third-order valence-corrected chi connectivity index (χ3v) is 5.69. The molecule has 160 valence electrons. The first-order valence-corrected chi connectivity index (χ1v) is 11.9. The number of hydrogen-bond donors (Lipinski definition) is 2. The van der Waals surface area contributed by atoms with Gasteiger partial charge in [-0.3, -0.25) is 0 Å². The minimum Gasteiger partial charge on any atom is -0.388 e. The fraction of sp³-hybridized carbons (Fsp3) is 0.556. The number of para-hydroxylation sites is 1. The molecule has 2 N–H and O–H groups in total. The molecule has 0 saturated carbocycles. The normalized spacial score (nSPS) is 12.1. The van der Waals surface area contributed by atoms with Crippen LogP contribution in [0.15, 0.2) is 54.6 Å². The Hall–Kier alpha value is -1.80. The van der Waals surface area contributed by atoms with Crippen LogP contribution < -0.4 is 5.32 Å². The summed E-state index contributed by atoms with van der Waals surface area (Å²) in [5, 5.41) is 13.8. The van der Waals surface area contributed by atoms with Gasteiger partial charge in [-0.1, -0.05) is 114 Å². The van der Waals surface area contributed by atoms with Gasteiger partial charge in [-0.25, -0.2) is 0 Å². The van der Waals surface area contributed by atoms with Crippen LogP contribution in [-0.2, 0) is 0 Å². The lowest BCUT2D eigenvalue weighted by Crippen LogP contribution is -1.98. The van der Waals surface area contributed by atoms with Crippen molar-refractivity contribution in [3.05, 3.63) is 60.2 Å². The molecule has 2 nitrogen and oxygen atoms in total. The van der Waals surface area contributed by atoms with Crippen molar-refractivity contribution in [2.24, 2.45) is 0 Å². The van der Waals surface area contributed by atoms with Gasteiger partial charge in [-0.15, -0.1) is 0 Å². The van der Waals surface area contributed by atoms with Crippen molar-refractivity contribution in [3.8, 4) is 0 Å². The molecular weight excluding hydrogens is 354 g/mol. The molecule has 0 aromatic heterocycles. The van der Waals surface area contributed by atoms with E-state index in [4.69, 9.17) is 0 Å². The second-order valence-electron chi connectivity index (χ2n) is 8.31. The van der Waals surface area contributed by atoms with Crippen molar-refractivity contribution in [1.82, 2.24) is 0 Å². The lowest BCUT2D eigenvalue weighted by molar-refractivity contribution is 0.163. The van der Waals surface area contributed by atoms with Gasteiger partial charge in [0.15, 0.2) is 0 Å². The maximum atomic E-state index is 10.4. The molecule has 1 unspecified atom stereocenters. The molecule has 0 fully saturated rings. The standard InChI is InChI=1S/C27H41NO/c1-2-3-4-5-6-7-8-9-10-11-12-16-19-27(29)24-20-22-26(23-21-24)28-25-17-14-13-15-18-25/h13-15,17-18,20-23,27-29H,2-12,16,19H2,1H3. The van der Waals surface area contributed by atoms with Crippen LogP contribution in [0.1, 0.15) is 102 Å². The number of aliphatic hydroxyl groups excluding tert-OH is 1. The largest absolute Gasteiger partial charge is 0.388 e. The van der Waals surface area contributed by atoms with Crippen LogP contribution in [0, 0.1) is 0 Å². The third-order valence-electron chi connectivity index (χ3n) is 5.69. The van der Waals surface area contributed by atoms with E-state index in [0.717, 1.165) is 29.8 Å². The van der Waals surface area contributed by atoms with Crippen LogP contribution in [0.4, 0.5) is 11.4 Å². The molecular formula is C27H41NO. The zero-order valence-corrected chi connectivity index (χ0v) is 18.4. The van der Waals surface area contributed by atoms with Crippen LogP contribution >= 0.6 is 0 Å². The maximum absolute atomic E-state index is 10.4. The molecule has 2 aromatic carbocycles. The van der Waals surface area contributed by atoms with Gasteiger partial charge < -0.3 is 10.4 Å². The fourth-order valence-corrected chi connectivity index (χ4v) is 3.82. The van der Waals surface area contributed by atoms with Crippen LogP contribution in [0.25, 0.3) is 0 Å². The molecule has 0 aliphatic carbocycles. The van der Waals surface area contributed by atoms with Gasteiger partial charge in [0.1, 0.15) is 0 Å². The average Bonchev–Trinajstić information content (AvgIpc) is 2.75. The number of rotatable bonds is 16. The van der Waals surface area contributed by atoms with E-state index < -0.39 is 0 Å². The van der Waals surface area contributed by atoms with Gasteiger partial charge in [0, 0.05) is 11.4 Å². The highest BCUT2D eigenvalue weighted by Crippen LogP contribution is 2.23. The van der Waals surface area contributed by atoms with Gasteiger partial charge in [0.05, 0.1) is 6.10 Å². The second kappa shape index (κ2) is 15.1. The maximum Gasteiger partial charge on any atom is 0.0790 e. The molecule has 0 spiro atoms.